The number of furan rings is 1. The smallest absolute Gasteiger partial charge is 0.338 e. The van der Waals surface area contributed by atoms with Crippen molar-refractivity contribution in [2.45, 2.75) is 6.54 Å². The monoisotopic (exact) mass is 487 g/mol. The lowest BCUT2D eigenvalue weighted by molar-refractivity contribution is -0.125. The van der Waals surface area contributed by atoms with E-state index in [1.54, 1.807) is 24.3 Å². The fraction of sp³-hybridized carbons (Fsp3) is 0.154. The van der Waals surface area contributed by atoms with E-state index >= 15 is 0 Å². The molecule has 2 heterocycles. The number of carbonyl (C=O) groups is 4. The van der Waals surface area contributed by atoms with Crippen molar-refractivity contribution < 1.29 is 33.1 Å². The Morgan fingerprint density at radius 2 is 1.86 bits per heavy atom. The van der Waals surface area contributed by atoms with Gasteiger partial charge < -0.3 is 24.5 Å². The van der Waals surface area contributed by atoms with Gasteiger partial charge in [-0.3, -0.25) is 14.5 Å². The summed E-state index contributed by atoms with van der Waals surface area (Å²) in [6.45, 7) is -0.558. The van der Waals surface area contributed by atoms with Crippen LogP contribution in [-0.4, -0.2) is 49.0 Å². The van der Waals surface area contributed by atoms with E-state index < -0.39 is 24.5 Å². The number of methoxy groups -OCH3 is 1. The van der Waals surface area contributed by atoms with Gasteiger partial charge in [-0.1, -0.05) is 30.3 Å². The molecule has 3 aromatic carbocycles. The Kier molecular flexibility index (Phi) is 5.99. The number of carbonyl (C=O) groups excluding carboxylic acids is 4. The molecule has 5 rings (SSSR count). The third-order valence-corrected chi connectivity index (χ3v) is 5.75. The maximum atomic E-state index is 12.5. The van der Waals surface area contributed by atoms with Crippen molar-refractivity contribution in [2.24, 2.45) is 0 Å². The first-order valence-corrected chi connectivity index (χ1v) is 11.1. The number of nitrogens with one attached hydrogen (secondary N) is 2. The van der Waals surface area contributed by atoms with Crippen molar-refractivity contribution in [3.8, 4) is 5.75 Å². The van der Waals surface area contributed by atoms with Crippen molar-refractivity contribution in [3.05, 3.63) is 71.8 Å². The first kappa shape index (κ1) is 22.9. The van der Waals surface area contributed by atoms with Crippen LogP contribution in [0.4, 0.5) is 10.5 Å². The van der Waals surface area contributed by atoms with E-state index in [1.165, 1.54) is 19.2 Å². The average molecular weight is 487 g/mol. The lowest BCUT2D eigenvalue weighted by Gasteiger charge is -2.13. The van der Waals surface area contributed by atoms with E-state index in [9.17, 15) is 19.2 Å². The molecule has 2 N–H and O–H groups in total. The number of hydrogen-bond acceptors (Lipinski definition) is 7. The standard InChI is InChI=1S/C26H21N3O7/c1-34-22-10-18-17-7-2-3-8-20(17)36-21(18)11-19(22)28-23(30)14-35-25(32)16-6-4-5-15(9-16)13-29-24(31)12-27-26(29)33/h2-11H,12-14H2,1H3,(H,27,33)(H,28,30). The number of esters is 1. The number of rotatable bonds is 7. The highest BCUT2D eigenvalue weighted by Crippen LogP contribution is 2.36. The highest BCUT2D eigenvalue weighted by Gasteiger charge is 2.28. The fourth-order valence-corrected chi connectivity index (χ4v) is 4.01. The predicted octanol–water partition coefficient (Wildman–Crippen LogP) is 3.44. The number of para-hydroxylation sites is 1. The Hall–Kier alpha value is -4.86. The molecule has 0 atom stereocenters. The summed E-state index contributed by atoms with van der Waals surface area (Å²) in [6, 6.07) is 16.8. The Balaban J connectivity index is 1.25. The number of anilines is 1. The zero-order valence-corrected chi connectivity index (χ0v) is 19.2. The Labute approximate surface area is 204 Å². The number of nitrogens with zero attached hydrogens (tertiary/aromatic N) is 1. The van der Waals surface area contributed by atoms with Gasteiger partial charge in [-0.05, 0) is 29.8 Å². The van der Waals surface area contributed by atoms with Crippen molar-refractivity contribution in [1.29, 1.82) is 0 Å². The summed E-state index contributed by atoms with van der Waals surface area (Å²) in [5, 5.41) is 6.90. The second-order valence-corrected chi connectivity index (χ2v) is 8.11. The Bertz CT molecular complexity index is 1510. The molecule has 1 aliphatic rings. The van der Waals surface area contributed by atoms with Gasteiger partial charge in [-0.15, -0.1) is 0 Å². The topological polar surface area (TPSA) is 127 Å². The Morgan fingerprint density at radius 3 is 2.64 bits per heavy atom. The van der Waals surface area contributed by atoms with Gasteiger partial charge in [0.15, 0.2) is 6.61 Å². The molecule has 0 bridgehead atoms. The molecule has 1 aromatic heterocycles. The molecule has 0 radical (unpaired) electrons. The van der Waals surface area contributed by atoms with Crippen LogP contribution >= 0.6 is 0 Å². The normalized spacial score (nSPS) is 13.2. The van der Waals surface area contributed by atoms with Gasteiger partial charge in [-0.25, -0.2) is 9.59 Å². The summed E-state index contributed by atoms with van der Waals surface area (Å²) in [6.07, 6.45) is 0. The molecule has 0 saturated carbocycles. The van der Waals surface area contributed by atoms with Crippen LogP contribution in [0, 0.1) is 0 Å². The molecule has 10 heteroatoms. The lowest BCUT2D eigenvalue weighted by atomic mass is 10.1. The summed E-state index contributed by atoms with van der Waals surface area (Å²) in [5.41, 5.74) is 2.42. The highest BCUT2D eigenvalue weighted by atomic mass is 16.5. The molecule has 4 aromatic rings. The molecule has 182 valence electrons. The van der Waals surface area contributed by atoms with Crippen LogP contribution in [0.15, 0.2) is 65.1 Å². The SMILES string of the molecule is COc1cc2c(cc1NC(=O)COC(=O)c1cccc(CN3C(=O)CNC3=O)c1)oc1ccccc12. The van der Waals surface area contributed by atoms with Crippen molar-refractivity contribution >= 4 is 51.4 Å². The summed E-state index contributed by atoms with van der Waals surface area (Å²) in [5.74, 6) is -1.20. The largest absolute Gasteiger partial charge is 0.495 e. The predicted molar refractivity (Wildman–Crippen MR) is 130 cm³/mol. The molecule has 1 aliphatic heterocycles. The zero-order chi connectivity index (χ0) is 25.2. The lowest BCUT2D eigenvalue weighted by Crippen LogP contribution is -2.30. The molecular weight excluding hydrogens is 466 g/mol. The molecule has 0 unspecified atom stereocenters. The van der Waals surface area contributed by atoms with Gasteiger partial charge in [0.25, 0.3) is 5.91 Å². The van der Waals surface area contributed by atoms with Crippen LogP contribution < -0.4 is 15.4 Å². The molecule has 4 amide bonds. The van der Waals surface area contributed by atoms with Crippen LogP contribution in [0.25, 0.3) is 21.9 Å². The number of imide groups is 1. The van der Waals surface area contributed by atoms with Gasteiger partial charge in [0.1, 0.15) is 16.9 Å². The molecule has 1 saturated heterocycles. The van der Waals surface area contributed by atoms with E-state index in [2.05, 4.69) is 10.6 Å². The van der Waals surface area contributed by atoms with Crippen LogP contribution in [0.3, 0.4) is 0 Å². The molecule has 1 fully saturated rings. The van der Waals surface area contributed by atoms with E-state index in [-0.39, 0.29) is 24.6 Å². The van der Waals surface area contributed by atoms with E-state index in [0.29, 0.717) is 28.2 Å². The minimum absolute atomic E-state index is 0.0241. The number of hydrogen-bond donors (Lipinski definition) is 2. The van der Waals surface area contributed by atoms with Crippen LogP contribution in [0.5, 0.6) is 5.75 Å². The summed E-state index contributed by atoms with van der Waals surface area (Å²) >= 11 is 0. The number of amides is 4. The van der Waals surface area contributed by atoms with E-state index in [0.717, 1.165) is 15.7 Å². The molecule has 36 heavy (non-hydrogen) atoms. The zero-order valence-electron chi connectivity index (χ0n) is 19.2. The van der Waals surface area contributed by atoms with Crippen molar-refractivity contribution in [2.75, 3.05) is 25.6 Å². The summed E-state index contributed by atoms with van der Waals surface area (Å²) in [7, 11) is 1.49. The number of urea groups is 1. The minimum atomic E-state index is -0.719. The molecular formula is C26H21N3O7. The molecule has 0 spiro atoms. The second kappa shape index (κ2) is 9.41. The number of fused-ring (bicyclic) bond motifs is 3. The van der Waals surface area contributed by atoms with E-state index in [1.807, 2.05) is 24.3 Å². The maximum Gasteiger partial charge on any atom is 0.338 e. The van der Waals surface area contributed by atoms with Gasteiger partial charge in [0, 0.05) is 16.8 Å². The minimum Gasteiger partial charge on any atom is -0.495 e. The van der Waals surface area contributed by atoms with Crippen molar-refractivity contribution in [1.82, 2.24) is 10.2 Å². The number of ether oxygens (including phenoxy) is 2. The third-order valence-electron chi connectivity index (χ3n) is 5.75. The van der Waals surface area contributed by atoms with E-state index in [4.69, 9.17) is 13.9 Å². The van der Waals surface area contributed by atoms with Crippen LogP contribution in [-0.2, 0) is 20.9 Å². The highest BCUT2D eigenvalue weighted by molar-refractivity contribution is 6.08. The Morgan fingerprint density at radius 1 is 1.03 bits per heavy atom. The van der Waals surface area contributed by atoms with Gasteiger partial charge >= 0.3 is 12.0 Å². The number of benzene rings is 3. The quantitative estimate of drug-likeness (QED) is 0.302. The fourth-order valence-electron chi connectivity index (χ4n) is 4.01. The summed E-state index contributed by atoms with van der Waals surface area (Å²) < 4.78 is 16.5. The van der Waals surface area contributed by atoms with Crippen LogP contribution in [0.1, 0.15) is 15.9 Å². The summed E-state index contributed by atoms with van der Waals surface area (Å²) in [4.78, 5) is 49.6. The second-order valence-electron chi connectivity index (χ2n) is 8.11. The first-order chi connectivity index (χ1) is 17.4. The van der Waals surface area contributed by atoms with Crippen LogP contribution in [0.2, 0.25) is 0 Å². The van der Waals surface area contributed by atoms with Gasteiger partial charge in [0.05, 0.1) is 31.5 Å². The third kappa shape index (κ3) is 4.43. The molecule has 10 nitrogen and oxygen atoms in total. The maximum absolute atomic E-state index is 12.5. The average Bonchev–Trinajstić information content (AvgIpc) is 3.41. The van der Waals surface area contributed by atoms with Gasteiger partial charge in [0.2, 0.25) is 5.91 Å². The van der Waals surface area contributed by atoms with Crippen molar-refractivity contribution in [3.63, 3.8) is 0 Å². The van der Waals surface area contributed by atoms with Gasteiger partial charge in [-0.2, -0.15) is 0 Å². The first-order valence-electron chi connectivity index (χ1n) is 11.1. The molecule has 0 aliphatic carbocycles.